The van der Waals surface area contributed by atoms with Gasteiger partial charge in [0.2, 0.25) is 11.8 Å². The fourth-order valence-corrected chi connectivity index (χ4v) is 2.97. The fraction of sp³-hybridized carbons (Fsp3) is 0.750. The summed E-state index contributed by atoms with van der Waals surface area (Å²) in [6, 6.07) is -0.695. The van der Waals surface area contributed by atoms with Gasteiger partial charge in [-0.05, 0) is 52.0 Å². The summed E-state index contributed by atoms with van der Waals surface area (Å²) in [5.41, 5.74) is 0.543. The lowest BCUT2D eigenvalue weighted by atomic mass is 9.90. The van der Waals surface area contributed by atoms with Gasteiger partial charge in [-0.15, -0.1) is 0 Å². The van der Waals surface area contributed by atoms with E-state index in [9.17, 15) is 19.2 Å². The lowest BCUT2D eigenvalue weighted by molar-refractivity contribution is -0.133. The van der Waals surface area contributed by atoms with E-state index in [4.69, 9.17) is 9.47 Å². The van der Waals surface area contributed by atoms with Crippen LogP contribution in [-0.4, -0.2) is 61.9 Å². The van der Waals surface area contributed by atoms with Gasteiger partial charge in [0.05, 0.1) is 19.3 Å². The van der Waals surface area contributed by atoms with Gasteiger partial charge in [-0.3, -0.25) is 19.2 Å². The van der Waals surface area contributed by atoms with Gasteiger partial charge in [0.1, 0.15) is 6.61 Å². The number of hydrogen-bond acceptors (Lipinski definition) is 6. The molecule has 0 saturated heterocycles. The van der Waals surface area contributed by atoms with Crippen molar-refractivity contribution in [1.82, 2.24) is 10.6 Å². The maximum absolute atomic E-state index is 12.5. The first kappa shape index (κ1) is 29.9. The van der Waals surface area contributed by atoms with E-state index in [1.54, 1.807) is 13.8 Å². The van der Waals surface area contributed by atoms with E-state index in [1.165, 1.54) is 0 Å². The molecule has 8 heteroatoms. The summed E-state index contributed by atoms with van der Waals surface area (Å²) in [5, 5.41) is 5.49. The Balaban J connectivity index is 4.18. The van der Waals surface area contributed by atoms with Gasteiger partial charge in [-0.1, -0.05) is 20.4 Å². The Labute approximate surface area is 192 Å². The first-order valence-corrected chi connectivity index (χ1v) is 11.4. The summed E-state index contributed by atoms with van der Waals surface area (Å²) >= 11 is 0. The number of ketones is 2. The number of amides is 2. The van der Waals surface area contributed by atoms with Crippen molar-refractivity contribution in [3.05, 3.63) is 12.2 Å². The van der Waals surface area contributed by atoms with Crippen molar-refractivity contribution in [1.29, 1.82) is 0 Å². The highest BCUT2D eigenvalue weighted by atomic mass is 16.5. The molecule has 0 bridgehead atoms. The summed E-state index contributed by atoms with van der Waals surface area (Å²) in [6.45, 7) is 15.5. The third kappa shape index (κ3) is 14.9. The van der Waals surface area contributed by atoms with E-state index in [0.29, 0.717) is 38.0 Å². The number of carbonyl (C=O) groups excluding carboxylic acids is 4. The predicted octanol–water partition coefficient (Wildman–Crippen LogP) is 2.60. The van der Waals surface area contributed by atoms with Gasteiger partial charge in [0.15, 0.2) is 11.6 Å². The van der Waals surface area contributed by atoms with Crippen molar-refractivity contribution in [3.8, 4) is 0 Å². The van der Waals surface area contributed by atoms with E-state index in [0.717, 1.165) is 0 Å². The molecule has 32 heavy (non-hydrogen) atoms. The Morgan fingerprint density at radius 1 is 0.906 bits per heavy atom. The van der Waals surface area contributed by atoms with Crippen molar-refractivity contribution >= 4 is 23.4 Å². The van der Waals surface area contributed by atoms with E-state index in [-0.39, 0.29) is 49.1 Å². The average Bonchev–Trinajstić information content (AvgIpc) is 2.67. The molecule has 0 aromatic carbocycles. The second-order valence-electron chi connectivity index (χ2n) is 8.92. The lowest BCUT2D eigenvalue weighted by Gasteiger charge is -2.21. The molecule has 0 aliphatic heterocycles. The summed E-state index contributed by atoms with van der Waals surface area (Å²) in [6.07, 6.45) is 1.71. The minimum Gasteiger partial charge on any atom is -0.379 e. The van der Waals surface area contributed by atoms with Crippen molar-refractivity contribution in [2.24, 2.45) is 11.8 Å². The normalized spacial score (nSPS) is 13.0. The fourth-order valence-electron chi connectivity index (χ4n) is 2.97. The molecule has 0 aliphatic carbocycles. The highest BCUT2D eigenvalue weighted by molar-refractivity contribution is 5.94. The molecule has 0 radical (unpaired) electrons. The minimum atomic E-state index is -0.699. The Morgan fingerprint density at radius 2 is 1.53 bits per heavy atom. The molecule has 8 nitrogen and oxygen atoms in total. The van der Waals surface area contributed by atoms with Crippen LogP contribution in [0.25, 0.3) is 0 Å². The largest absolute Gasteiger partial charge is 0.379 e. The Bertz CT molecular complexity index is 630. The van der Waals surface area contributed by atoms with E-state index < -0.39 is 17.9 Å². The van der Waals surface area contributed by atoms with Crippen LogP contribution < -0.4 is 10.6 Å². The zero-order valence-electron chi connectivity index (χ0n) is 20.6. The smallest absolute Gasteiger partial charge is 0.246 e. The molecule has 0 aromatic heterocycles. The molecule has 0 heterocycles. The van der Waals surface area contributed by atoms with Gasteiger partial charge in [-0.25, -0.2) is 0 Å². The highest BCUT2D eigenvalue weighted by Gasteiger charge is 2.26. The second-order valence-corrected chi connectivity index (χ2v) is 8.92. The number of nitrogens with one attached hydrogen (secondary N) is 2. The maximum atomic E-state index is 12.5. The summed E-state index contributed by atoms with van der Waals surface area (Å²) in [4.78, 5) is 48.4. The predicted molar refractivity (Wildman–Crippen MR) is 124 cm³/mol. The first-order chi connectivity index (χ1) is 14.9. The van der Waals surface area contributed by atoms with Crippen LogP contribution in [0.3, 0.4) is 0 Å². The number of carbonyl (C=O) groups is 4. The number of rotatable bonds is 18. The van der Waals surface area contributed by atoms with E-state index in [1.807, 2.05) is 27.7 Å². The van der Waals surface area contributed by atoms with Gasteiger partial charge < -0.3 is 20.1 Å². The molecule has 2 unspecified atom stereocenters. The molecule has 0 fully saturated rings. The molecule has 184 valence electrons. The van der Waals surface area contributed by atoms with Crippen LogP contribution in [0.2, 0.25) is 0 Å². The maximum Gasteiger partial charge on any atom is 0.246 e. The van der Waals surface area contributed by atoms with Crippen LogP contribution in [0.15, 0.2) is 12.2 Å². The van der Waals surface area contributed by atoms with Gasteiger partial charge in [0.25, 0.3) is 0 Å². The monoisotopic (exact) mass is 454 g/mol. The third-order valence-electron chi connectivity index (χ3n) is 4.64. The summed E-state index contributed by atoms with van der Waals surface area (Å²) in [7, 11) is 0. The van der Waals surface area contributed by atoms with Crippen LogP contribution in [0.1, 0.15) is 67.2 Å². The standard InChI is InChI=1S/C24H42N2O6/c1-16(2)13-20(24(30)25-18(5)6)14-22(28)19(7)26-23(29)15-32-12-11-31-10-8-9-21(27)17(3)4/h16,18-20H,3,8-15H2,1-2,4-7H3,(H,25,30)(H,26,29). The van der Waals surface area contributed by atoms with Crippen molar-refractivity contribution < 1.29 is 28.7 Å². The third-order valence-corrected chi connectivity index (χ3v) is 4.64. The Kier molecular flexibility index (Phi) is 15.5. The first-order valence-electron chi connectivity index (χ1n) is 11.4. The molecule has 2 N–H and O–H groups in total. The number of hydrogen-bond donors (Lipinski definition) is 2. The molecular weight excluding hydrogens is 412 g/mol. The molecule has 2 amide bonds. The summed E-state index contributed by atoms with van der Waals surface area (Å²) in [5.74, 6) is -0.823. The zero-order valence-corrected chi connectivity index (χ0v) is 20.6. The lowest BCUT2D eigenvalue weighted by Crippen LogP contribution is -2.43. The number of Topliss-reactive ketones (excluding diaryl/α,β-unsaturated/α-hetero) is 2. The molecule has 2 atom stereocenters. The van der Waals surface area contributed by atoms with Crippen LogP contribution in [0.5, 0.6) is 0 Å². The van der Waals surface area contributed by atoms with Gasteiger partial charge in [-0.2, -0.15) is 0 Å². The van der Waals surface area contributed by atoms with Crippen molar-refractivity contribution in [3.63, 3.8) is 0 Å². The zero-order chi connectivity index (χ0) is 24.7. The van der Waals surface area contributed by atoms with Gasteiger partial charge in [0, 0.05) is 31.4 Å². The highest BCUT2D eigenvalue weighted by Crippen LogP contribution is 2.17. The topological polar surface area (TPSA) is 111 Å². The molecule has 0 saturated carbocycles. The van der Waals surface area contributed by atoms with Crippen LogP contribution >= 0.6 is 0 Å². The van der Waals surface area contributed by atoms with E-state index in [2.05, 4.69) is 17.2 Å². The molecule has 0 aromatic rings. The quantitative estimate of drug-likeness (QED) is 0.243. The number of allylic oxidation sites excluding steroid dienone is 1. The second kappa shape index (κ2) is 16.6. The van der Waals surface area contributed by atoms with Crippen molar-refractivity contribution in [2.75, 3.05) is 26.4 Å². The molecule has 0 spiro atoms. The van der Waals surface area contributed by atoms with Crippen molar-refractivity contribution in [2.45, 2.75) is 79.3 Å². The SMILES string of the molecule is C=C(C)C(=O)CCCOCCOCC(=O)NC(C)C(=O)CC(CC(C)C)C(=O)NC(C)C. The molecule has 0 aliphatic rings. The minimum absolute atomic E-state index is 0.00403. The van der Waals surface area contributed by atoms with Crippen LogP contribution in [0, 0.1) is 11.8 Å². The van der Waals surface area contributed by atoms with Crippen LogP contribution in [0.4, 0.5) is 0 Å². The summed E-state index contributed by atoms with van der Waals surface area (Å²) < 4.78 is 10.6. The Hall–Kier alpha value is -2.06. The molecule has 0 rings (SSSR count). The van der Waals surface area contributed by atoms with Crippen LogP contribution in [-0.2, 0) is 28.7 Å². The van der Waals surface area contributed by atoms with E-state index >= 15 is 0 Å². The Morgan fingerprint density at radius 3 is 2.09 bits per heavy atom. The molecular formula is C24H42N2O6. The number of ether oxygens (including phenoxy) is 2. The average molecular weight is 455 g/mol. The van der Waals surface area contributed by atoms with Gasteiger partial charge >= 0.3 is 0 Å².